The summed E-state index contributed by atoms with van der Waals surface area (Å²) in [4.78, 5) is 16.5. The highest BCUT2D eigenvalue weighted by atomic mass is 16.7. The lowest BCUT2D eigenvalue weighted by Crippen LogP contribution is -2.21. The van der Waals surface area contributed by atoms with Gasteiger partial charge in [-0.2, -0.15) is 5.06 Å². The van der Waals surface area contributed by atoms with E-state index in [0.717, 1.165) is 10.6 Å². The van der Waals surface area contributed by atoms with Gasteiger partial charge in [0.2, 0.25) is 6.41 Å². The summed E-state index contributed by atoms with van der Waals surface area (Å²) in [6.45, 7) is 0.300. The van der Waals surface area contributed by atoms with Crippen molar-refractivity contribution in [2.24, 2.45) is 5.73 Å². The first-order chi connectivity index (χ1) is 9.70. The second-order valence-electron chi connectivity index (χ2n) is 4.15. The van der Waals surface area contributed by atoms with Crippen LogP contribution in [0.3, 0.4) is 0 Å². The quantitative estimate of drug-likeness (QED) is 0.364. The van der Waals surface area contributed by atoms with Gasteiger partial charge in [-0.05, 0) is 29.8 Å². The Hall–Kier alpha value is -2.66. The van der Waals surface area contributed by atoms with Crippen LogP contribution in [0.5, 0.6) is 0 Å². The molecule has 2 aromatic carbocycles. The number of nitrogens with two attached hydrogens (primary N) is 1. The van der Waals surface area contributed by atoms with E-state index in [2.05, 4.69) is 0 Å². The van der Waals surface area contributed by atoms with Crippen LogP contribution in [0.4, 0.5) is 5.69 Å². The summed E-state index contributed by atoms with van der Waals surface area (Å²) in [5, 5.41) is 8.46. The van der Waals surface area contributed by atoms with E-state index in [4.69, 9.17) is 16.0 Å². The summed E-state index contributed by atoms with van der Waals surface area (Å²) in [5.41, 5.74) is 7.53. The van der Waals surface area contributed by atoms with Gasteiger partial charge in [-0.1, -0.05) is 30.3 Å². The third-order valence-electron chi connectivity index (χ3n) is 2.74. The number of rotatable bonds is 6. The Morgan fingerprint density at radius 3 is 2.35 bits per heavy atom. The normalized spacial score (nSPS) is 10.0. The highest BCUT2D eigenvalue weighted by molar-refractivity contribution is 5.95. The average molecular weight is 269 g/mol. The third-order valence-corrected chi connectivity index (χ3v) is 2.74. The van der Waals surface area contributed by atoms with Gasteiger partial charge in [0, 0.05) is 5.56 Å². The predicted molar refractivity (Wildman–Crippen MR) is 77.2 cm³/mol. The number of nitrogens with zero attached hydrogens (tertiary/aromatic N) is 1. The smallest absolute Gasteiger partial charge is 0.238 e. The van der Waals surface area contributed by atoms with E-state index in [1.165, 1.54) is 0 Å². The van der Waals surface area contributed by atoms with Crippen molar-refractivity contribution in [3.05, 3.63) is 65.7 Å². The molecule has 0 heterocycles. The third kappa shape index (κ3) is 3.43. The number of carbonyl (C=O) groups is 1. The number of hydrogen-bond acceptors (Lipinski definition) is 3. The summed E-state index contributed by atoms with van der Waals surface area (Å²) in [7, 11) is 0. The molecule has 102 valence electrons. The number of nitrogens with one attached hydrogen (secondary N) is 1. The van der Waals surface area contributed by atoms with Gasteiger partial charge >= 0.3 is 0 Å². The lowest BCUT2D eigenvalue weighted by molar-refractivity contribution is -0.114. The van der Waals surface area contributed by atoms with E-state index in [-0.39, 0.29) is 5.84 Å². The minimum absolute atomic E-state index is 0.0144. The first kappa shape index (κ1) is 13.8. The topological polar surface area (TPSA) is 79.4 Å². The molecule has 5 nitrogen and oxygen atoms in total. The van der Waals surface area contributed by atoms with E-state index in [0.29, 0.717) is 24.3 Å². The number of hydroxylamine groups is 1. The van der Waals surface area contributed by atoms with E-state index >= 15 is 0 Å². The van der Waals surface area contributed by atoms with Crippen LogP contribution < -0.4 is 10.8 Å². The van der Waals surface area contributed by atoms with Gasteiger partial charge < -0.3 is 5.73 Å². The lowest BCUT2D eigenvalue weighted by atomic mass is 10.2. The van der Waals surface area contributed by atoms with Gasteiger partial charge in [-0.3, -0.25) is 15.0 Å². The largest absolute Gasteiger partial charge is 0.384 e. The zero-order valence-electron chi connectivity index (χ0n) is 10.8. The minimum atomic E-state index is -0.0144. The summed E-state index contributed by atoms with van der Waals surface area (Å²) < 4.78 is 0. The van der Waals surface area contributed by atoms with Crippen molar-refractivity contribution < 1.29 is 9.63 Å². The van der Waals surface area contributed by atoms with Crippen LogP contribution in [0.25, 0.3) is 0 Å². The fourth-order valence-corrected chi connectivity index (χ4v) is 1.67. The number of anilines is 1. The van der Waals surface area contributed by atoms with Crippen LogP contribution in [0.15, 0.2) is 54.6 Å². The molecule has 2 aromatic rings. The standard InChI is InChI=1S/C15H15N3O2/c16-15(17)13-6-8-14(9-7-13)18(11-19)20-10-12-4-2-1-3-5-12/h1-9,11H,10H2,(H3,16,17). The Bertz CT molecular complexity index is 582. The average Bonchev–Trinajstić information content (AvgIpc) is 2.49. The molecule has 0 aliphatic heterocycles. The number of benzene rings is 2. The molecular formula is C15H15N3O2. The molecule has 0 saturated carbocycles. The summed E-state index contributed by atoms with van der Waals surface area (Å²) >= 11 is 0. The summed E-state index contributed by atoms with van der Waals surface area (Å²) in [6.07, 6.45) is 0.603. The van der Waals surface area contributed by atoms with E-state index < -0.39 is 0 Å². The van der Waals surface area contributed by atoms with Crippen molar-refractivity contribution in [1.82, 2.24) is 0 Å². The first-order valence-electron chi connectivity index (χ1n) is 6.06. The molecule has 0 bridgehead atoms. The Morgan fingerprint density at radius 2 is 1.80 bits per heavy atom. The maximum Gasteiger partial charge on any atom is 0.238 e. The number of carbonyl (C=O) groups excluding carboxylic acids is 1. The fraction of sp³-hybridized carbons (Fsp3) is 0.0667. The Morgan fingerprint density at radius 1 is 1.15 bits per heavy atom. The zero-order valence-corrected chi connectivity index (χ0v) is 10.8. The number of amidine groups is 1. The van der Waals surface area contributed by atoms with E-state index in [9.17, 15) is 4.79 Å². The summed E-state index contributed by atoms with van der Waals surface area (Å²) in [5.74, 6) is -0.0144. The van der Waals surface area contributed by atoms with Crippen molar-refractivity contribution in [2.45, 2.75) is 6.61 Å². The molecule has 0 spiro atoms. The molecule has 5 heteroatoms. The highest BCUT2D eigenvalue weighted by Crippen LogP contribution is 2.15. The van der Waals surface area contributed by atoms with E-state index in [1.807, 2.05) is 30.3 Å². The first-order valence-corrected chi connectivity index (χ1v) is 6.06. The van der Waals surface area contributed by atoms with Crippen molar-refractivity contribution in [1.29, 1.82) is 5.41 Å². The minimum Gasteiger partial charge on any atom is -0.384 e. The van der Waals surface area contributed by atoms with Gasteiger partial charge in [0.05, 0.1) is 5.69 Å². The van der Waals surface area contributed by atoms with Crippen LogP contribution in [0.2, 0.25) is 0 Å². The summed E-state index contributed by atoms with van der Waals surface area (Å²) in [6, 6.07) is 16.3. The Labute approximate surface area is 117 Å². The number of nitrogen functional groups attached to an aromatic ring is 1. The monoisotopic (exact) mass is 269 g/mol. The Balaban J connectivity index is 2.04. The van der Waals surface area contributed by atoms with Crippen LogP contribution >= 0.6 is 0 Å². The van der Waals surface area contributed by atoms with Gasteiger partial charge in [-0.25, -0.2) is 0 Å². The number of hydrogen-bond donors (Lipinski definition) is 2. The van der Waals surface area contributed by atoms with Crippen molar-refractivity contribution in [3.63, 3.8) is 0 Å². The lowest BCUT2D eigenvalue weighted by Gasteiger charge is -2.17. The maximum absolute atomic E-state index is 11.1. The zero-order chi connectivity index (χ0) is 14.4. The molecule has 0 aliphatic rings. The second kappa shape index (κ2) is 6.49. The van der Waals surface area contributed by atoms with Crippen LogP contribution in [-0.4, -0.2) is 12.2 Å². The molecule has 0 radical (unpaired) electrons. The fourth-order valence-electron chi connectivity index (χ4n) is 1.67. The molecule has 0 unspecified atom stereocenters. The maximum atomic E-state index is 11.1. The molecule has 20 heavy (non-hydrogen) atoms. The molecule has 2 rings (SSSR count). The van der Waals surface area contributed by atoms with E-state index in [1.54, 1.807) is 24.3 Å². The van der Waals surface area contributed by atoms with Gasteiger partial charge in [0.15, 0.2) is 0 Å². The number of amides is 1. The van der Waals surface area contributed by atoms with Gasteiger partial charge in [0.1, 0.15) is 12.4 Å². The molecule has 0 fully saturated rings. The van der Waals surface area contributed by atoms with Crippen molar-refractivity contribution in [3.8, 4) is 0 Å². The van der Waals surface area contributed by atoms with Crippen molar-refractivity contribution >= 4 is 17.9 Å². The highest BCUT2D eigenvalue weighted by Gasteiger charge is 2.07. The molecule has 0 aliphatic carbocycles. The molecule has 0 saturated heterocycles. The van der Waals surface area contributed by atoms with Gasteiger partial charge in [0.25, 0.3) is 0 Å². The van der Waals surface area contributed by atoms with Crippen LogP contribution in [-0.2, 0) is 16.2 Å². The molecule has 0 aromatic heterocycles. The Kier molecular flexibility index (Phi) is 4.47. The van der Waals surface area contributed by atoms with Gasteiger partial charge in [-0.15, -0.1) is 0 Å². The molecule has 1 amide bonds. The second-order valence-corrected chi connectivity index (χ2v) is 4.15. The predicted octanol–water partition coefficient (Wildman–Crippen LogP) is 2.07. The molecule has 3 N–H and O–H groups in total. The molecular weight excluding hydrogens is 254 g/mol. The van der Waals surface area contributed by atoms with Crippen LogP contribution in [0.1, 0.15) is 11.1 Å². The SMILES string of the molecule is N=C(N)c1ccc(N(C=O)OCc2ccccc2)cc1. The van der Waals surface area contributed by atoms with Crippen molar-refractivity contribution in [2.75, 3.05) is 5.06 Å². The molecule has 0 atom stereocenters. The van der Waals surface area contributed by atoms with Crippen LogP contribution in [0, 0.1) is 5.41 Å².